The molecule has 1 aromatic heterocycles. The molecule has 2 aromatic rings. The van der Waals surface area contributed by atoms with E-state index in [4.69, 9.17) is 4.42 Å². The SMILES string of the molecule is Cc1ccc(C(F)(F)F)cc1NC(=O)NCC(O)c1ccco1. The van der Waals surface area contributed by atoms with Crippen molar-refractivity contribution in [1.29, 1.82) is 0 Å². The van der Waals surface area contributed by atoms with E-state index in [1.807, 2.05) is 0 Å². The number of hydrogen-bond acceptors (Lipinski definition) is 3. The number of urea groups is 1. The van der Waals surface area contributed by atoms with Crippen LogP contribution >= 0.6 is 0 Å². The molecule has 124 valence electrons. The van der Waals surface area contributed by atoms with Gasteiger partial charge in [-0.25, -0.2) is 4.79 Å². The van der Waals surface area contributed by atoms with Gasteiger partial charge in [0.1, 0.15) is 11.9 Å². The van der Waals surface area contributed by atoms with Crippen molar-refractivity contribution in [2.45, 2.75) is 19.2 Å². The van der Waals surface area contributed by atoms with Gasteiger partial charge in [0.15, 0.2) is 0 Å². The number of furan rings is 1. The van der Waals surface area contributed by atoms with E-state index in [1.165, 1.54) is 12.3 Å². The first-order chi connectivity index (χ1) is 10.8. The van der Waals surface area contributed by atoms with Crippen molar-refractivity contribution in [2.75, 3.05) is 11.9 Å². The highest BCUT2D eigenvalue weighted by Crippen LogP contribution is 2.32. The molecular weight excluding hydrogens is 313 g/mol. The van der Waals surface area contributed by atoms with Gasteiger partial charge in [0, 0.05) is 5.69 Å². The first kappa shape index (κ1) is 16.9. The number of amides is 2. The molecule has 0 aliphatic heterocycles. The number of carbonyl (C=O) groups excluding carboxylic acids is 1. The quantitative estimate of drug-likeness (QED) is 0.804. The summed E-state index contributed by atoms with van der Waals surface area (Å²) in [7, 11) is 0. The van der Waals surface area contributed by atoms with Crippen molar-refractivity contribution in [2.24, 2.45) is 0 Å². The number of alkyl halides is 3. The molecule has 0 aliphatic rings. The Balaban J connectivity index is 1.97. The van der Waals surface area contributed by atoms with Crippen molar-refractivity contribution < 1.29 is 27.5 Å². The van der Waals surface area contributed by atoms with Crippen LogP contribution in [-0.2, 0) is 6.18 Å². The molecule has 5 nitrogen and oxygen atoms in total. The van der Waals surface area contributed by atoms with Crippen molar-refractivity contribution in [3.63, 3.8) is 0 Å². The van der Waals surface area contributed by atoms with Crippen LogP contribution in [0, 0.1) is 6.92 Å². The molecule has 2 rings (SSSR count). The van der Waals surface area contributed by atoms with Gasteiger partial charge in [0.05, 0.1) is 18.4 Å². The standard InChI is InChI=1S/C15H15F3N2O3/c1-9-4-5-10(15(16,17)18)7-11(9)20-14(22)19-8-12(21)13-3-2-6-23-13/h2-7,12,21H,8H2,1H3,(H2,19,20,22). The fourth-order valence-corrected chi connectivity index (χ4v) is 1.87. The number of rotatable bonds is 4. The Morgan fingerprint density at radius 1 is 1.35 bits per heavy atom. The van der Waals surface area contributed by atoms with Crippen molar-refractivity contribution in [3.05, 3.63) is 53.5 Å². The molecule has 1 heterocycles. The van der Waals surface area contributed by atoms with E-state index in [0.29, 0.717) is 5.56 Å². The lowest BCUT2D eigenvalue weighted by molar-refractivity contribution is -0.137. The number of aryl methyl sites for hydroxylation is 1. The minimum Gasteiger partial charge on any atom is -0.467 e. The summed E-state index contributed by atoms with van der Waals surface area (Å²) in [6.45, 7) is 1.44. The first-order valence-electron chi connectivity index (χ1n) is 6.71. The van der Waals surface area contributed by atoms with Crippen molar-refractivity contribution >= 4 is 11.7 Å². The van der Waals surface area contributed by atoms with Crippen LogP contribution in [0.25, 0.3) is 0 Å². The largest absolute Gasteiger partial charge is 0.467 e. The molecule has 23 heavy (non-hydrogen) atoms. The lowest BCUT2D eigenvalue weighted by atomic mass is 10.1. The van der Waals surface area contributed by atoms with E-state index in [0.717, 1.165) is 12.1 Å². The van der Waals surface area contributed by atoms with Crippen LogP contribution in [0.2, 0.25) is 0 Å². The zero-order valence-electron chi connectivity index (χ0n) is 12.1. The van der Waals surface area contributed by atoms with Gasteiger partial charge in [-0.1, -0.05) is 6.07 Å². The summed E-state index contributed by atoms with van der Waals surface area (Å²) in [5.74, 6) is 0.278. The van der Waals surface area contributed by atoms with Crippen LogP contribution in [-0.4, -0.2) is 17.7 Å². The van der Waals surface area contributed by atoms with Gasteiger partial charge in [0.2, 0.25) is 0 Å². The second-order valence-corrected chi connectivity index (χ2v) is 4.89. The fourth-order valence-electron chi connectivity index (χ4n) is 1.87. The molecule has 0 bridgehead atoms. The molecule has 8 heteroatoms. The third-order valence-corrected chi connectivity index (χ3v) is 3.14. The van der Waals surface area contributed by atoms with E-state index in [-0.39, 0.29) is 18.0 Å². The summed E-state index contributed by atoms with van der Waals surface area (Å²) >= 11 is 0. The maximum atomic E-state index is 12.7. The highest BCUT2D eigenvalue weighted by atomic mass is 19.4. The Hall–Kier alpha value is -2.48. The topological polar surface area (TPSA) is 74.5 Å². The predicted molar refractivity (Wildman–Crippen MR) is 76.9 cm³/mol. The van der Waals surface area contributed by atoms with Crippen LogP contribution in [0.1, 0.15) is 23.0 Å². The number of halogens is 3. The van der Waals surface area contributed by atoms with Gasteiger partial charge < -0.3 is 20.2 Å². The third-order valence-electron chi connectivity index (χ3n) is 3.14. The fraction of sp³-hybridized carbons (Fsp3) is 0.267. The molecule has 0 radical (unpaired) electrons. The summed E-state index contributed by atoms with van der Waals surface area (Å²) in [5, 5.41) is 14.4. The second kappa shape index (κ2) is 6.74. The van der Waals surface area contributed by atoms with E-state index in [1.54, 1.807) is 19.1 Å². The zero-order valence-corrected chi connectivity index (χ0v) is 12.1. The Bertz CT molecular complexity index is 669. The second-order valence-electron chi connectivity index (χ2n) is 4.89. The lowest BCUT2D eigenvalue weighted by Crippen LogP contribution is -2.32. The number of hydrogen-bond donors (Lipinski definition) is 3. The minimum absolute atomic E-state index is 0.0461. The van der Waals surface area contributed by atoms with Gasteiger partial charge in [-0.05, 0) is 36.8 Å². The predicted octanol–water partition coefficient (Wildman–Crippen LogP) is 3.46. The number of benzene rings is 1. The summed E-state index contributed by atoms with van der Waals surface area (Å²) in [6.07, 6.45) is -4.15. The number of aliphatic hydroxyl groups is 1. The van der Waals surface area contributed by atoms with Crippen molar-refractivity contribution in [3.8, 4) is 0 Å². The smallest absolute Gasteiger partial charge is 0.416 e. The molecule has 1 unspecified atom stereocenters. The average Bonchev–Trinajstić information content (AvgIpc) is 3.00. The molecule has 3 N–H and O–H groups in total. The molecule has 0 aliphatic carbocycles. The number of nitrogens with one attached hydrogen (secondary N) is 2. The average molecular weight is 328 g/mol. The molecular formula is C15H15F3N2O3. The van der Waals surface area contributed by atoms with Crippen LogP contribution in [0.4, 0.5) is 23.7 Å². The number of carbonyl (C=O) groups is 1. The van der Waals surface area contributed by atoms with E-state index in [2.05, 4.69) is 10.6 Å². The van der Waals surface area contributed by atoms with Gasteiger partial charge in [-0.3, -0.25) is 0 Å². The van der Waals surface area contributed by atoms with E-state index >= 15 is 0 Å². The van der Waals surface area contributed by atoms with Gasteiger partial charge in [0.25, 0.3) is 0 Å². The Morgan fingerprint density at radius 2 is 2.09 bits per heavy atom. The summed E-state index contributed by atoms with van der Waals surface area (Å²) in [6, 6.07) is 5.48. The number of aliphatic hydroxyl groups excluding tert-OH is 1. The monoisotopic (exact) mass is 328 g/mol. The highest BCUT2D eigenvalue weighted by Gasteiger charge is 2.30. The molecule has 1 aromatic carbocycles. The van der Waals surface area contributed by atoms with E-state index in [9.17, 15) is 23.1 Å². The molecule has 0 saturated heterocycles. The Kier molecular flexibility index (Phi) is 4.95. The normalized spacial score (nSPS) is 12.7. The maximum absolute atomic E-state index is 12.7. The summed E-state index contributed by atoms with van der Waals surface area (Å²) in [4.78, 5) is 11.8. The molecule has 1 atom stereocenters. The Morgan fingerprint density at radius 3 is 2.70 bits per heavy atom. The van der Waals surface area contributed by atoms with Crippen LogP contribution < -0.4 is 10.6 Å². The molecule has 2 amide bonds. The Labute approximate surface area is 130 Å². The maximum Gasteiger partial charge on any atom is 0.416 e. The van der Waals surface area contributed by atoms with Crippen LogP contribution in [0.3, 0.4) is 0 Å². The minimum atomic E-state index is -4.49. The first-order valence-corrected chi connectivity index (χ1v) is 6.71. The zero-order chi connectivity index (χ0) is 17.0. The van der Waals surface area contributed by atoms with Gasteiger partial charge in [-0.2, -0.15) is 13.2 Å². The summed E-state index contributed by atoms with van der Waals surface area (Å²) < 4.78 is 43.0. The molecule has 0 saturated carbocycles. The highest BCUT2D eigenvalue weighted by molar-refractivity contribution is 5.90. The number of anilines is 1. The van der Waals surface area contributed by atoms with E-state index < -0.39 is 23.9 Å². The summed E-state index contributed by atoms with van der Waals surface area (Å²) in [5.41, 5.74) is -0.321. The van der Waals surface area contributed by atoms with Gasteiger partial charge in [-0.15, -0.1) is 0 Å². The van der Waals surface area contributed by atoms with Gasteiger partial charge >= 0.3 is 12.2 Å². The van der Waals surface area contributed by atoms with Crippen molar-refractivity contribution in [1.82, 2.24) is 5.32 Å². The molecule has 0 fully saturated rings. The third kappa shape index (κ3) is 4.49. The lowest BCUT2D eigenvalue weighted by Gasteiger charge is -2.14. The van der Waals surface area contributed by atoms with Crippen LogP contribution in [0.15, 0.2) is 41.0 Å². The molecule has 0 spiro atoms. The van der Waals surface area contributed by atoms with Crippen LogP contribution in [0.5, 0.6) is 0 Å².